The van der Waals surface area contributed by atoms with Crippen LogP contribution in [0.4, 0.5) is 0 Å². The second-order valence-corrected chi connectivity index (χ2v) is 7.33. The van der Waals surface area contributed by atoms with Crippen molar-refractivity contribution in [1.82, 2.24) is 0 Å². The second-order valence-electron chi connectivity index (χ2n) is 6.39. The molecule has 0 fully saturated rings. The summed E-state index contributed by atoms with van der Waals surface area (Å²) in [5, 5.41) is 2.13. The van der Waals surface area contributed by atoms with Crippen molar-refractivity contribution in [2.75, 3.05) is 7.11 Å². The summed E-state index contributed by atoms with van der Waals surface area (Å²) in [6, 6.07) is 19.4. The van der Waals surface area contributed by atoms with Gasteiger partial charge in [-0.05, 0) is 35.6 Å². The van der Waals surface area contributed by atoms with Gasteiger partial charge in [0.15, 0.2) is 0 Å². The highest BCUT2D eigenvalue weighted by atomic mass is 32.1. The molecule has 0 aliphatic heterocycles. The summed E-state index contributed by atoms with van der Waals surface area (Å²) >= 11 is 1.80. The molecule has 2 heteroatoms. The van der Waals surface area contributed by atoms with Crippen LogP contribution in [0.1, 0.15) is 29.9 Å². The van der Waals surface area contributed by atoms with Crippen LogP contribution in [0.3, 0.4) is 0 Å². The highest BCUT2D eigenvalue weighted by molar-refractivity contribution is 7.10. The molecule has 1 heterocycles. The van der Waals surface area contributed by atoms with Crippen LogP contribution in [0, 0.1) is 6.92 Å². The van der Waals surface area contributed by atoms with Gasteiger partial charge in [-0.1, -0.05) is 61.9 Å². The first kappa shape index (κ1) is 15.8. The molecule has 0 amide bonds. The van der Waals surface area contributed by atoms with Crippen molar-refractivity contribution in [3.63, 3.8) is 0 Å². The van der Waals surface area contributed by atoms with Crippen LogP contribution in [0.25, 0.3) is 11.1 Å². The summed E-state index contributed by atoms with van der Waals surface area (Å²) in [6.45, 7) is 6.64. The number of ether oxygens (including phenoxy) is 1. The van der Waals surface area contributed by atoms with Gasteiger partial charge < -0.3 is 4.74 Å². The van der Waals surface area contributed by atoms with E-state index in [4.69, 9.17) is 4.74 Å². The molecule has 0 unspecified atom stereocenters. The summed E-state index contributed by atoms with van der Waals surface area (Å²) in [7, 11) is 1.75. The molecule has 0 aliphatic rings. The van der Waals surface area contributed by atoms with E-state index in [0.717, 1.165) is 11.3 Å². The Bertz CT molecular complexity index is 800. The fraction of sp³-hybridized carbons (Fsp3) is 0.238. The van der Waals surface area contributed by atoms with E-state index in [1.54, 1.807) is 18.4 Å². The Morgan fingerprint density at radius 2 is 1.78 bits per heavy atom. The average Bonchev–Trinajstić information content (AvgIpc) is 3.09. The maximum atomic E-state index is 5.70. The topological polar surface area (TPSA) is 9.23 Å². The summed E-state index contributed by atoms with van der Waals surface area (Å²) in [5.41, 5.74) is 4.84. The number of benzene rings is 2. The Morgan fingerprint density at radius 3 is 2.43 bits per heavy atom. The lowest BCUT2D eigenvalue weighted by molar-refractivity contribution is 0.415. The van der Waals surface area contributed by atoms with Crippen LogP contribution >= 0.6 is 11.3 Å². The first-order chi connectivity index (χ1) is 11.0. The molecule has 1 aromatic heterocycles. The lowest BCUT2D eigenvalue weighted by atomic mass is 9.82. The summed E-state index contributed by atoms with van der Waals surface area (Å²) in [5.74, 6) is 0.928. The van der Waals surface area contributed by atoms with Crippen LogP contribution in [-0.2, 0) is 5.41 Å². The van der Waals surface area contributed by atoms with Gasteiger partial charge in [-0.25, -0.2) is 0 Å². The molecular weight excluding hydrogens is 300 g/mol. The molecule has 118 valence electrons. The first-order valence-corrected chi connectivity index (χ1v) is 8.70. The number of hydrogen-bond donors (Lipinski definition) is 0. The summed E-state index contributed by atoms with van der Waals surface area (Å²) in [4.78, 5) is 1.36. The maximum absolute atomic E-state index is 5.70. The van der Waals surface area contributed by atoms with Crippen LogP contribution in [0.2, 0.25) is 0 Å². The number of methoxy groups -OCH3 is 1. The molecule has 0 spiro atoms. The molecule has 0 bridgehead atoms. The van der Waals surface area contributed by atoms with Crippen molar-refractivity contribution >= 4 is 11.3 Å². The third-order valence-corrected chi connectivity index (χ3v) is 5.58. The van der Waals surface area contributed by atoms with E-state index in [1.807, 2.05) is 0 Å². The van der Waals surface area contributed by atoms with Gasteiger partial charge in [-0.2, -0.15) is 0 Å². The number of thiophene rings is 1. The zero-order valence-electron chi connectivity index (χ0n) is 14.1. The van der Waals surface area contributed by atoms with Gasteiger partial charge in [0.1, 0.15) is 5.75 Å². The zero-order valence-corrected chi connectivity index (χ0v) is 14.9. The highest BCUT2D eigenvalue weighted by Gasteiger charge is 2.25. The van der Waals surface area contributed by atoms with E-state index in [1.165, 1.54) is 21.6 Å². The fourth-order valence-corrected chi connectivity index (χ4v) is 3.78. The van der Waals surface area contributed by atoms with Gasteiger partial charge in [0.25, 0.3) is 0 Å². The maximum Gasteiger partial charge on any atom is 0.126 e. The molecule has 0 aliphatic carbocycles. The quantitative estimate of drug-likeness (QED) is 0.567. The molecule has 2 aromatic carbocycles. The smallest absolute Gasteiger partial charge is 0.126 e. The van der Waals surface area contributed by atoms with Crippen molar-refractivity contribution in [3.05, 3.63) is 76.0 Å². The van der Waals surface area contributed by atoms with Gasteiger partial charge in [0.05, 0.1) is 7.11 Å². The Hall–Kier alpha value is -2.06. The molecule has 23 heavy (non-hydrogen) atoms. The molecule has 0 saturated carbocycles. The molecule has 0 atom stereocenters. The Labute approximate surface area is 142 Å². The van der Waals surface area contributed by atoms with E-state index in [0.29, 0.717) is 0 Å². The molecule has 3 rings (SSSR count). The van der Waals surface area contributed by atoms with Gasteiger partial charge in [0, 0.05) is 15.9 Å². The monoisotopic (exact) mass is 322 g/mol. The van der Waals surface area contributed by atoms with Gasteiger partial charge in [0.2, 0.25) is 0 Å². The predicted molar refractivity (Wildman–Crippen MR) is 99.6 cm³/mol. The first-order valence-electron chi connectivity index (χ1n) is 7.82. The molecule has 0 saturated heterocycles. The van der Waals surface area contributed by atoms with E-state index in [9.17, 15) is 0 Å². The van der Waals surface area contributed by atoms with Crippen LogP contribution in [-0.4, -0.2) is 7.11 Å². The molecule has 1 nitrogen and oxygen atoms in total. The largest absolute Gasteiger partial charge is 0.496 e. The molecule has 0 N–H and O–H groups in total. The van der Waals surface area contributed by atoms with Gasteiger partial charge in [-0.3, -0.25) is 0 Å². The van der Waals surface area contributed by atoms with E-state index in [-0.39, 0.29) is 5.41 Å². The highest BCUT2D eigenvalue weighted by Crippen LogP contribution is 2.39. The standard InChI is InChI=1S/C21H22OS/c1-15-7-5-8-16(13-15)18-11-10-17(14-19(18)22-4)21(2,3)20-9-6-12-23-20/h5-14H,1-4H3. The van der Waals surface area contributed by atoms with Crippen LogP contribution in [0.5, 0.6) is 5.75 Å². The zero-order chi connectivity index (χ0) is 16.4. The number of rotatable bonds is 4. The fourth-order valence-electron chi connectivity index (χ4n) is 2.91. The minimum Gasteiger partial charge on any atom is -0.496 e. The third kappa shape index (κ3) is 3.04. The SMILES string of the molecule is COc1cc(C(C)(C)c2cccs2)ccc1-c1cccc(C)c1. The van der Waals surface area contributed by atoms with E-state index < -0.39 is 0 Å². The molecular formula is C21H22OS. The lowest BCUT2D eigenvalue weighted by Crippen LogP contribution is -2.17. The van der Waals surface area contributed by atoms with E-state index >= 15 is 0 Å². The molecule has 3 aromatic rings. The van der Waals surface area contributed by atoms with Crippen molar-refractivity contribution in [1.29, 1.82) is 0 Å². The normalized spacial score (nSPS) is 11.5. The Morgan fingerprint density at radius 1 is 0.957 bits per heavy atom. The minimum absolute atomic E-state index is 0.0212. The van der Waals surface area contributed by atoms with Gasteiger partial charge in [-0.15, -0.1) is 11.3 Å². The van der Waals surface area contributed by atoms with Crippen molar-refractivity contribution in [2.24, 2.45) is 0 Å². The van der Waals surface area contributed by atoms with Crippen LogP contribution < -0.4 is 4.74 Å². The van der Waals surface area contributed by atoms with Gasteiger partial charge >= 0.3 is 0 Å². The Kier molecular flexibility index (Phi) is 4.27. The van der Waals surface area contributed by atoms with E-state index in [2.05, 4.69) is 80.7 Å². The third-order valence-electron chi connectivity index (χ3n) is 4.39. The Balaban J connectivity index is 2.07. The summed E-state index contributed by atoms with van der Waals surface area (Å²) < 4.78 is 5.70. The minimum atomic E-state index is -0.0212. The van der Waals surface area contributed by atoms with Crippen molar-refractivity contribution < 1.29 is 4.74 Å². The number of aryl methyl sites for hydroxylation is 1. The summed E-state index contributed by atoms with van der Waals surface area (Å²) in [6.07, 6.45) is 0. The average molecular weight is 322 g/mol. The second kappa shape index (κ2) is 6.21. The lowest BCUT2D eigenvalue weighted by Gasteiger charge is -2.25. The number of hydrogen-bond acceptors (Lipinski definition) is 2. The predicted octanol–water partition coefficient (Wildman–Crippen LogP) is 6.06. The van der Waals surface area contributed by atoms with Crippen LogP contribution in [0.15, 0.2) is 60.0 Å². The van der Waals surface area contributed by atoms with Crippen molar-refractivity contribution in [3.8, 4) is 16.9 Å². The molecule has 0 radical (unpaired) electrons. The van der Waals surface area contributed by atoms with Crippen molar-refractivity contribution in [2.45, 2.75) is 26.2 Å².